The van der Waals surface area contributed by atoms with Crippen LogP contribution < -0.4 is 15.5 Å². The number of ether oxygens (including phenoxy) is 1. The van der Waals surface area contributed by atoms with Crippen molar-refractivity contribution in [3.05, 3.63) is 98.7 Å². The number of pyridine rings is 1. The summed E-state index contributed by atoms with van der Waals surface area (Å²) in [6, 6.07) is 10.1. The molecule has 3 atom stereocenters. The summed E-state index contributed by atoms with van der Waals surface area (Å²) in [6.45, 7) is 2.51. The number of rotatable bonds is 6. The second kappa shape index (κ2) is 9.29. The van der Waals surface area contributed by atoms with E-state index in [0.717, 1.165) is 18.4 Å². The Balaban J connectivity index is 1.38. The topological polar surface area (TPSA) is 80.6 Å². The van der Waals surface area contributed by atoms with E-state index in [1.165, 1.54) is 6.20 Å². The molecule has 2 amide bonds. The van der Waals surface area contributed by atoms with Crippen LogP contribution in [-0.2, 0) is 19.7 Å². The van der Waals surface area contributed by atoms with Gasteiger partial charge in [0.05, 0.1) is 5.54 Å². The van der Waals surface area contributed by atoms with Gasteiger partial charge in [0.15, 0.2) is 11.4 Å². The van der Waals surface area contributed by atoms with Crippen LogP contribution in [0.1, 0.15) is 51.7 Å². The highest BCUT2D eigenvalue weighted by Crippen LogP contribution is 2.56. The highest BCUT2D eigenvalue weighted by Gasteiger charge is 2.62. The number of nitrogens with one attached hydrogen (secondary N) is 1. The van der Waals surface area contributed by atoms with Crippen molar-refractivity contribution >= 4 is 11.8 Å². The maximum absolute atomic E-state index is 14.1. The first-order chi connectivity index (χ1) is 18.7. The van der Waals surface area contributed by atoms with Crippen molar-refractivity contribution in [1.82, 2.24) is 14.8 Å². The van der Waals surface area contributed by atoms with Crippen LogP contribution >= 0.6 is 0 Å². The molecule has 202 valence electrons. The van der Waals surface area contributed by atoms with Crippen LogP contribution in [0.25, 0.3) is 0 Å². The summed E-state index contributed by atoms with van der Waals surface area (Å²) >= 11 is 0. The third-order valence-corrected chi connectivity index (χ3v) is 8.41. The van der Waals surface area contributed by atoms with Crippen molar-refractivity contribution < 1.29 is 27.5 Å². The molecule has 1 spiro atoms. The molecule has 1 N–H and O–H groups in total. The maximum Gasteiger partial charge on any atom is 0.275 e. The normalized spacial score (nSPS) is 23.0. The first-order valence-corrected chi connectivity index (χ1v) is 12.9. The zero-order chi connectivity index (χ0) is 27.5. The van der Waals surface area contributed by atoms with Gasteiger partial charge in [-0.3, -0.25) is 14.4 Å². The van der Waals surface area contributed by atoms with Gasteiger partial charge < -0.3 is 19.5 Å². The Morgan fingerprint density at radius 3 is 2.51 bits per heavy atom. The van der Waals surface area contributed by atoms with Crippen molar-refractivity contribution in [3.8, 4) is 5.75 Å². The highest BCUT2D eigenvalue weighted by molar-refractivity contribution is 6.00. The van der Waals surface area contributed by atoms with Gasteiger partial charge in [-0.15, -0.1) is 0 Å². The number of amides is 2. The van der Waals surface area contributed by atoms with Gasteiger partial charge in [-0.1, -0.05) is 37.3 Å². The molecule has 1 unspecified atom stereocenters. The lowest BCUT2D eigenvalue weighted by atomic mass is 9.63. The van der Waals surface area contributed by atoms with Crippen LogP contribution in [0, 0.1) is 29.3 Å². The predicted octanol–water partition coefficient (Wildman–Crippen LogP) is 4.03. The van der Waals surface area contributed by atoms with Crippen LogP contribution in [0.2, 0.25) is 0 Å². The molecular weight excluding hydrogens is 511 g/mol. The highest BCUT2D eigenvalue weighted by atomic mass is 19.1. The van der Waals surface area contributed by atoms with E-state index in [4.69, 9.17) is 4.74 Å². The summed E-state index contributed by atoms with van der Waals surface area (Å²) in [5.74, 6) is -4.19. The summed E-state index contributed by atoms with van der Waals surface area (Å²) in [6.07, 6.45) is 3.16. The Morgan fingerprint density at radius 1 is 1.13 bits per heavy atom. The molecule has 0 radical (unpaired) electrons. The summed E-state index contributed by atoms with van der Waals surface area (Å²) in [5.41, 5.74) is -1.16. The minimum absolute atomic E-state index is 0.00238. The number of carbonyl (C=O) groups is 2. The van der Waals surface area contributed by atoms with Crippen LogP contribution in [0.4, 0.5) is 13.2 Å². The maximum atomic E-state index is 14.1. The van der Waals surface area contributed by atoms with Crippen molar-refractivity contribution in [2.75, 3.05) is 6.54 Å². The molecule has 2 aliphatic heterocycles. The van der Waals surface area contributed by atoms with Crippen LogP contribution in [0.3, 0.4) is 0 Å². The van der Waals surface area contributed by atoms with Gasteiger partial charge in [0.25, 0.3) is 11.8 Å². The largest absolute Gasteiger partial charge is 0.483 e. The van der Waals surface area contributed by atoms with E-state index >= 15 is 0 Å². The lowest BCUT2D eigenvalue weighted by Crippen LogP contribution is -2.62. The summed E-state index contributed by atoms with van der Waals surface area (Å²) < 4.78 is 49.1. The monoisotopic (exact) mass is 537 g/mol. The Labute approximate surface area is 222 Å². The lowest BCUT2D eigenvalue weighted by molar-refractivity contribution is -0.00963. The zero-order valence-electron chi connectivity index (χ0n) is 21.2. The van der Waals surface area contributed by atoms with Gasteiger partial charge in [-0.2, -0.15) is 0 Å². The average Bonchev–Trinajstić information content (AvgIpc) is 3.07. The van der Waals surface area contributed by atoms with Gasteiger partial charge in [-0.05, 0) is 30.2 Å². The van der Waals surface area contributed by atoms with Gasteiger partial charge in [-0.25, -0.2) is 13.2 Å². The fourth-order valence-corrected chi connectivity index (χ4v) is 6.39. The third-order valence-electron chi connectivity index (χ3n) is 8.41. The quantitative estimate of drug-likeness (QED) is 0.515. The van der Waals surface area contributed by atoms with E-state index in [0.29, 0.717) is 37.1 Å². The number of halogens is 3. The Morgan fingerprint density at radius 2 is 1.85 bits per heavy atom. The molecule has 10 heteroatoms. The summed E-state index contributed by atoms with van der Waals surface area (Å²) in [5, 5.41) is 2.36. The molecule has 6 rings (SSSR count). The molecule has 1 saturated carbocycles. The number of benzene rings is 2. The lowest BCUT2D eigenvalue weighted by Gasteiger charge is -2.53. The molecule has 0 bridgehead atoms. The fourth-order valence-electron chi connectivity index (χ4n) is 6.39. The minimum atomic E-state index is -1.15. The van der Waals surface area contributed by atoms with Crippen molar-refractivity contribution in [2.45, 2.75) is 45.0 Å². The Bertz CT molecular complexity index is 1530. The van der Waals surface area contributed by atoms with Crippen LogP contribution in [-0.4, -0.2) is 33.4 Å². The van der Waals surface area contributed by atoms with Gasteiger partial charge in [0, 0.05) is 43.5 Å². The molecule has 7 nitrogen and oxygen atoms in total. The molecule has 1 aliphatic carbocycles. The number of aromatic nitrogens is 1. The molecule has 39 heavy (non-hydrogen) atoms. The van der Waals surface area contributed by atoms with E-state index < -0.39 is 40.9 Å². The molecule has 3 aromatic rings. The minimum Gasteiger partial charge on any atom is -0.483 e. The second-order valence-corrected chi connectivity index (χ2v) is 10.6. The molecule has 2 aromatic carbocycles. The molecule has 2 fully saturated rings. The Kier molecular flexibility index (Phi) is 6.00. The fraction of sp³-hybridized carbons (Fsp3) is 0.345. The SMILES string of the molecule is C[C@H]1CN2C(=O)c3c(OCc4ccccc4)c(=O)c(C(=O)NCc4c(F)cc(F)cc4F)cn3C[C@]23CCC13. The van der Waals surface area contributed by atoms with E-state index in [1.807, 2.05) is 35.2 Å². The van der Waals surface area contributed by atoms with Gasteiger partial charge >= 0.3 is 0 Å². The van der Waals surface area contributed by atoms with Crippen LogP contribution in [0.15, 0.2) is 53.5 Å². The summed E-state index contributed by atoms with van der Waals surface area (Å²) in [7, 11) is 0. The molecule has 1 saturated heterocycles. The van der Waals surface area contributed by atoms with E-state index in [1.54, 1.807) is 4.57 Å². The molecule has 1 aromatic heterocycles. The van der Waals surface area contributed by atoms with Crippen molar-refractivity contribution in [2.24, 2.45) is 11.8 Å². The van der Waals surface area contributed by atoms with Gasteiger partial charge in [0.2, 0.25) is 5.43 Å². The number of nitrogens with zero attached hydrogens (tertiary/aromatic N) is 2. The number of carbonyl (C=O) groups excluding carboxylic acids is 2. The van der Waals surface area contributed by atoms with E-state index in [9.17, 15) is 27.6 Å². The molecule has 3 heterocycles. The van der Waals surface area contributed by atoms with Gasteiger partial charge in [0.1, 0.15) is 29.6 Å². The predicted molar refractivity (Wildman–Crippen MR) is 135 cm³/mol. The Hall–Kier alpha value is -4.08. The van der Waals surface area contributed by atoms with E-state index in [2.05, 4.69) is 12.2 Å². The number of hydrogen-bond acceptors (Lipinski definition) is 4. The first kappa shape index (κ1) is 25.2. The number of fused-ring (bicyclic) bond motifs is 1. The smallest absolute Gasteiger partial charge is 0.275 e. The third kappa shape index (κ3) is 4.00. The number of hydrogen-bond donors (Lipinski definition) is 1. The average molecular weight is 538 g/mol. The molecular formula is C29H26F3N3O4. The molecule has 3 aliphatic rings. The second-order valence-electron chi connectivity index (χ2n) is 10.6. The van der Waals surface area contributed by atoms with Crippen molar-refractivity contribution in [1.29, 1.82) is 0 Å². The van der Waals surface area contributed by atoms with Crippen LogP contribution in [0.5, 0.6) is 5.75 Å². The van der Waals surface area contributed by atoms with Crippen molar-refractivity contribution in [3.63, 3.8) is 0 Å². The first-order valence-electron chi connectivity index (χ1n) is 12.9. The van der Waals surface area contributed by atoms with E-state index in [-0.39, 0.29) is 35.1 Å². The summed E-state index contributed by atoms with van der Waals surface area (Å²) in [4.78, 5) is 42.4. The zero-order valence-corrected chi connectivity index (χ0v) is 21.2. The standard InChI is InChI=1S/C29H26F3N3O4/c1-16-12-35-28(38)24-26(39-14-17-5-3-2-4-6-17)25(36)20(13-34(24)15-29(35)8-7-21(16)29)27(37)33-11-19-22(31)9-18(30)10-23(19)32/h2-6,9-10,13,16,21H,7-8,11-12,14-15H2,1H3,(H,33,37)/t16-,21?,29-/m0/s1.